The van der Waals surface area contributed by atoms with Gasteiger partial charge in [0.1, 0.15) is 24.4 Å². The van der Waals surface area contributed by atoms with E-state index < -0.39 is 0 Å². The molecule has 0 radical (unpaired) electrons. The van der Waals surface area contributed by atoms with Crippen molar-refractivity contribution in [1.82, 2.24) is 20.3 Å². The second-order valence-corrected chi connectivity index (χ2v) is 5.36. The number of nitrogens with zero attached hydrogens (tertiary/aromatic N) is 2. The van der Waals surface area contributed by atoms with Crippen LogP contribution in [0.15, 0.2) is 48.9 Å². The first-order valence-electron chi connectivity index (χ1n) is 7.74. The van der Waals surface area contributed by atoms with E-state index in [-0.39, 0.29) is 18.3 Å². The Balaban J connectivity index is 1.81. The summed E-state index contributed by atoms with van der Waals surface area (Å²) in [6, 6.07) is 6.22. The van der Waals surface area contributed by atoms with Gasteiger partial charge in [0, 0.05) is 13.2 Å². The monoisotopic (exact) mass is 340 g/mol. The lowest BCUT2D eigenvalue weighted by Crippen LogP contribution is -2.14. The van der Waals surface area contributed by atoms with E-state index in [1.54, 1.807) is 25.3 Å². The number of hydrogen-bond acceptors (Lipinski definition) is 4. The highest BCUT2D eigenvalue weighted by Crippen LogP contribution is 2.26. The summed E-state index contributed by atoms with van der Waals surface area (Å²) in [6.45, 7) is 0.197. The minimum Gasteiger partial charge on any atom is -0.472 e. The first kappa shape index (κ1) is 16.6. The van der Waals surface area contributed by atoms with Gasteiger partial charge in [-0.1, -0.05) is 18.2 Å². The molecule has 0 spiro atoms. The fourth-order valence-corrected chi connectivity index (χ4v) is 2.42. The summed E-state index contributed by atoms with van der Waals surface area (Å²) >= 11 is 0. The van der Waals surface area contributed by atoms with E-state index in [4.69, 9.17) is 4.74 Å². The summed E-state index contributed by atoms with van der Waals surface area (Å²) in [5.74, 6) is -0.0619. The molecule has 0 aliphatic carbocycles. The third kappa shape index (κ3) is 4.00. The van der Waals surface area contributed by atoms with Gasteiger partial charge in [-0.3, -0.25) is 4.79 Å². The van der Waals surface area contributed by atoms with Gasteiger partial charge in [-0.15, -0.1) is 0 Å². The molecule has 0 atom stereocenters. The number of allylic oxidation sites excluding steroid dienone is 1. The molecule has 1 amide bonds. The number of carbonyl (C=O) groups is 1. The number of rotatable bonds is 6. The van der Waals surface area contributed by atoms with Gasteiger partial charge < -0.3 is 15.0 Å². The van der Waals surface area contributed by atoms with Crippen LogP contribution in [0, 0.1) is 5.82 Å². The summed E-state index contributed by atoms with van der Waals surface area (Å²) in [5, 5.41) is 3.27. The molecule has 0 saturated heterocycles. The summed E-state index contributed by atoms with van der Waals surface area (Å²) in [4.78, 5) is 22.7. The lowest BCUT2D eigenvalue weighted by Gasteiger charge is -2.07. The largest absolute Gasteiger partial charge is 0.472 e. The number of carbonyl (C=O) groups excluding carboxylic acids is 1. The Labute approximate surface area is 143 Å². The van der Waals surface area contributed by atoms with Crippen LogP contribution in [0.3, 0.4) is 0 Å². The Bertz CT molecular complexity index is 920. The van der Waals surface area contributed by atoms with Gasteiger partial charge in [0.05, 0.1) is 5.39 Å². The molecule has 6 nitrogen and oxygen atoms in total. The highest BCUT2D eigenvalue weighted by Gasteiger charge is 2.12. The molecule has 2 N–H and O–H groups in total. The van der Waals surface area contributed by atoms with Gasteiger partial charge in [0.25, 0.3) is 0 Å². The molecule has 0 unspecified atom stereocenters. The standard InChI is InChI=1S/C18H17FN4O2/c1-20-15(24)7-3-5-13-9-21-17-16(13)18(23-11-22-17)25-10-12-4-2-6-14(19)8-12/h2-4,6-9,11H,5,10H2,1H3,(H,20,24)(H,21,22,23). The summed E-state index contributed by atoms with van der Waals surface area (Å²) in [6.07, 6.45) is 6.96. The average molecular weight is 340 g/mol. The molecule has 0 aliphatic heterocycles. The highest BCUT2D eigenvalue weighted by molar-refractivity contribution is 5.88. The topological polar surface area (TPSA) is 79.9 Å². The summed E-state index contributed by atoms with van der Waals surface area (Å²) in [5.41, 5.74) is 2.26. The predicted octanol–water partition coefficient (Wildman–Crippen LogP) is 2.52. The molecule has 3 rings (SSSR count). The van der Waals surface area contributed by atoms with Crippen molar-refractivity contribution in [3.63, 3.8) is 0 Å². The minimum atomic E-state index is -0.310. The van der Waals surface area contributed by atoms with Crippen molar-refractivity contribution in [1.29, 1.82) is 0 Å². The van der Waals surface area contributed by atoms with Gasteiger partial charge >= 0.3 is 0 Å². The Morgan fingerprint density at radius 3 is 3.08 bits per heavy atom. The average Bonchev–Trinajstić information content (AvgIpc) is 3.04. The zero-order chi connectivity index (χ0) is 17.6. The van der Waals surface area contributed by atoms with Crippen molar-refractivity contribution in [2.24, 2.45) is 0 Å². The SMILES string of the molecule is CNC(=O)C=CCc1c[nH]c2ncnc(OCc3cccc(F)c3)c12. The van der Waals surface area contributed by atoms with Gasteiger partial charge in [0.15, 0.2) is 0 Å². The van der Waals surface area contributed by atoms with Crippen molar-refractivity contribution in [3.8, 4) is 5.88 Å². The molecule has 25 heavy (non-hydrogen) atoms. The summed E-state index contributed by atoms with van der Waals surface area (Å²) < 4.78 is 19.0. The van der Waals surface area contributed by atoms with Gasteiger partial charge in [-0.25, -0.2) is 14.4 Å². The maximum absolute atomic E-state index is 13.3. The van der Waals surface area contributed by atoms with Crippen LogP contribution in [0.4, 0.5) is 4.39 Å². The van der Waals surface area contributed by atoms with Crippen LogP contribution in [0.5, 0.6) is 5.88 Å². The molecule has 1 aromatic carbocycles. The normalized spacial score (nSPS) is 11.1. The van der Waals surface area contributed by atoms with Crippen LogP contribution in [-0.2, 0) is 17.8 Å². The Kier molecular flexibility index (Phi) is 5.03. The van der Waals surface area contributed by atoms with Crippen molar-refractivity contribution >= 4 is 16.9 Å². The fraction of sp³-hybridized carbons (Fsp3) is 0.167. The number of likely N-dealkylation sites (N-methyl/N-ethyl adjacent to an activating group) is 1. The number of fused-ring (bicyclic) bond motifs is 1. The number of H-pyrrole nitrogens is 1. The quantitative estimate of drug-likeness (QED) is 0.676. The van der Waals surface area contributed by atoms with Crippen molar-refractivity contribution < 1.29 is 13.9 Å². The van der Waals surface area contributed by atoms with Crippen LogP contribution >= 0.6 is 0 Å². The number of amides is 1. The molecule has 128 valence electrons. The highest BCUT2D eigenvalue weighted by atomic mass is 19.1. The smallest absolute Gasteiger partial charge is 0.243 e. The van der Waals surface area contributed by atoms with Crippen molar-refractivity contribution in [3.05, 3.63) is 65.9 Å². The molecular formula is C18H17FN4O2. The van der Waals surface area contributed by atoms with E-state index in [9.17, 15) is 9.18 Å². The molecule has 2 aromatic heterocycles. The third-order valence-corrected chi connectivity index (χ3v) is 3.63. The lowest BCUT2D eigenvalue weighted by atomic mass is 10.1. The van der Waals surface area contributed by atoms with Crippen LogP contribution in [0.2, 0.25) is 0 Å². The molecule has 2 heterocycles. The maximum atomic E-state index is 13.3. The van der Waals surface area contributed by atoms with Crippen LogP contribution < -0.4 is 10.1 Å². The van der Waals surface area contributed by atoms with E-state index in [1.165, 1.54) is 24.5 Å². The van der Waals surface area contributed by atoms with E-state index in [0.29, 0.717) is 23.5 Å². The minimum absolute atomic E-state index is 0.168. The van der Waals surface area contributed by atoms with E-state index >= 15 is 0 Å². The predicted molar refractivity (Wildman–Crippen MR) is 91.5 cm³/mol. The van der Waals surface area contributed by atoms with Crippen LogP contribution in [-0.4, -0.2) is 27.9 Å². The molecule has 0 fully saturated rings. The second-order valence-electron chi connectivity index (χ2n) is 5.36. The maximum Gasteiger partial charge on any atom is 0.243 e. The number of benzene rings is 1. The zero-order valence-electron chi connectivity index (χ0n) is 13.6. The van der Waals surface area contributed by atoms with Crippen molar-refractivity contribution in [2.75, 3.05) is 7.05 Å². The molecular weight excluding hydrogens is 323 g/mol. The van der Waals surface area contributed by atoms with Gasteiger partial charge in [-0.2, -0.15) is 0 Å². The number of aromatic amines is 1. The molecule has 0 saturated carbocycles. The summed E-state index contributed by atoms with van der Waals surface area (Å²) in [7, 11) is 1.57. The lowest BCUT2D eigenvalue weighted by molar-refractivity contribution is -0.116. The van der Waals surface area contributed by atoms with E-state index in [2.05, 4.69) is 20.3 Å². The van der Waals surface area contributed by atoms with Crippen molar-refractivity contribution in [2.45, 2.75) is 13.0 Å². The number of ether oxygens (including phenoxy) is 1. The van der Waals surface area contributed by atoms with E-state index in [1.807, 2.05) is 6.20 Å². The molecule has 3 aromatic rings. The number of halogens is 1. The molecule has 7 heteroatoms. The fourth-order valence-electron chi connectivity index (χ4n) is 2.42. The number of hydrogen-bond donors (Lipinski definition) is 2. The van der Waals surface area contributed by atoms with Crippen LogP contribution in [0.25, 0.3) is 11.0 Å². The van der Waals surface area contributed by atoms with Gasteiger partial charge in [-0.05, 0) is 35.8 Å². The number of nitrogens with one attached hydrogen (secondary N) is 2. The van der Waals surface area contributed by atoms with E-state index in [0.717, 1.165) is 10.9 Å². The Morgan fingerprint density at radius 1 is 1.40 bits per heavy atom. The Morgan fingerprint density at radius 2 is 2.28 bits per heavy atom. The first-order chi connectivity index (χ1) is 12.2. The van der Waals surface area contributed by atoms with Crippen LogP contribution in [0.1, 0.15) is 11.1 Å². The zero-order valence-corrected chi connectivity index (χ0v) is 13.6. The van der Waals surface area contributed by atoms with Gasteiger partial charge in [0.2, 0.25) is 11.8 Å². The molecule has 0 aliphatic rings. The number of aromatic nitrogens is 3. The third-order valence-electron chi connectivity index (χ3n) is 3.63. The molecule has 0 bridgehead atoms. The Hall–Kier alpha value is -3.22. The second kappa shape index (κ2) is 7.57. The first-order valence-corrected chi connectivity index (χ1v) is 7.74.